The zero-order valence-electron chi connectivity index (χ0n) is 27.5. The summed E-state index contributed by atoms with van der Waals surface area (Å²) in [4.78, 5) is 21.9. The lowest BCUT2D eigenvalue weighted by Crippen LogP contribution is -2.36. The number of anilines is 1. The lowest BCUT2D eigenvalue weighted by atomic mass is 9.90. The van der Waals surface area contributed by atoms with Gasteiger partial charge in [-0.15, -0.1) is 5.10 Å². The molecule has 5 aromatic rings. The summed E-state index contributed by atoms with van der Waals surface area (Å²) in [7, 11) is -2.34. The SMILES string of the molecule is CC[C@@H]1CN(Cc2cc(C(=CC(=O)Nc3cccnc3)c3cc(OC)c4c(nnn4CC)c3C)ccc2C)S(=O)(=O)c2cccnc2O1. The van der Waals surface area contributed by atoms with Gasteiger partial charge in [0.05, 0.1) is 25.5 Å². The number of nitrogens with one attached hydrogen (secondary N) is 1. The molecule has 0 saturated heterocycles. The van der Waals surface area contributed by atoms with Crippen LogP contribution in [0.4, 0.5) is 5.69 Å². The second-order valence-electron chi connectivity index (χ2n) is 11.5. The average Bonchev–Trinajstić information content (AvgIpc) is 3.49. The van der Waals surface area contributed by atoms with Crippen molar-refractivity contribution in [1.29, 1.82) is 0 Å². The summed E-state index contributed by atoms with van der Waals surface area (Å²) in [6.07, 6.45) is 6.50. The number of aryl methyl sites for hydroxylation is 3. The van der Waals surface area contributed by atoms with Crippen LogP contribution in [0.15, 0.2) is 78.1 Å². The Labute approximate surface area is 279 Å². The van der Waals surface area contributed by atoms with Crippen LogP contribution in [0.3, 0.4) is 0 Å². The topological polar surface area (TPSA) is 141 Å². The van der Waals surface area contributed by atoms with Gasteiger partial charge in [-0.05, 0) is 97.0 Å². The maximum absolute atomic E-state index is 13.9. The van der Waals surface area contributed by atoms with E-state index in [1.54, 1.807) is 42.4 Å². The first-order valence-electron chi connectivity index (χ1n) is 15.7. The molecule has 1 atom stereocenters. The minimum Gasteiger partial charge on any atom is -0.494 e. The normalized spacial score (nSPS) is 16.2. The number of sulfonamides is 1. The zero-order valence-corrected chi connectivity index (χ0v) is 28.3. The molecule has 13 heteroatoms. The number of methoxy groups -OCH3 is 1. The highest BCUT2D eigenvalue weighted by Crippen LogP contribution is 2.37. The van der Waals surface area contributed by atoms with Gasteiger partial charge in [0.1, 0.15) is 27.8 Å². The minimum atomic E-state index is -3.93. The third kappa shape index (κ3) is 6.26. The Kier molecular flexibility index (Phi) is 9.24. The van der Waals surface area contributed by atoms with E-state index in [0.29, 0.717) is 41.1 Å². The minimum absolute atomic E-state index is 0.0403. The molecular weight excluding hydrogens is 630 g/mol. The third-order valence-corrected chi connectivity index (χ3v) is 10.3. The Morgan fingerprint density at radius 1 is 1.12 bits per heavy atom. The van der Waals surface area contributed by atoms with Crippen molar-refractivity contribution in [2.75, 3.05) is 19.0 Å². The van der Waals surface area contributed by atoms with E-state index in [9.17, 15) is 13.2 Å². The van der Waals surface area contributed by atoms with Gasteiger partial charge in [-0.2, -0.15) is 4.31 Å². The molecular formula is C35H37N7O5S. The van der Waals surface area contributed by atoms with Crippen molar-refractivity contribution in [2.45, 2.75) is 58.2 Å². The lowest BCUT2D eigenvalue weighted by molar-refractivity contribution is -0.111. The summed E-state index contributed by atoms with van der Waals surface area (Å²) in [5.41, 5.74) is 6.49. The van der Waals surface area contributed by atoms with E-state index in [1.807, 2.05) is 52.0 Å². The van der Waals surface area contributed by atoms with Crippen LogP contribution < -0.4 is 14.8 Å². The summed E-state index contributed by atoms with van der Waals surface area (Å²) in [6.45, 7) is 8.67. The first-order chi connectivity index (χ1) is 23.1. The van der Waals surface area contributed by atoms with E-state index in [-0.39, 0.29) is 35.9 Å². The first kappa shape index (κ1) is 32.8. The zero-order chi connectivity index (χ0) is 34.0. The lowest BCUT2D eigenvalue weighted by Gasteiger charge is -2.24. The molecule has 0 fully saturated rings. The van der Waals surface area contributed by atoms with Crippen LogP contribution in [0.25, 0.3) is 16.6 Å². The summed E-state index contributed by atoms with van der Waals surface area (Å²) in [5, 5.41) is 11.7. The fourth-order valence-corrected chi connectivity index (χ4v) is 7.37. The van der Waals surface area contributed by atoms with Gasteiger partial charge < -0.3 is 14.8 Å². The molecule has 248 valence electrons. The first-order valence-corrected chi connectivity index (χ1v) is 17.1. The molecule has 4 heterocycles. The summed E-state index contributed by atoms with van der Waals surface area (Å²) in [5.74, 6) is 0.317. The van der Waals surface area contributed by atoms with Crippen molar-refractivity contribution in [3.63, 3.8) is 0 Å². The maximum Gasteiger partial charge on any atom is 0.249 e. The molecule has 1 aliphatic rings. The van der Waals surface area contributed by atoms with E-state index < -0.39 is 10.0 Å². The summed E-state index contributed by atoms with van der Waals surface area (Å²) < 4.78 is 42.9. The van der Waals surface area contributed by atoms with E-state index in [1.165, 1.54) is 22.6 Å². The number of rotatable bonds is 9. The molecule has 6 rings (SSSR count). The summed E-state index contributed by atoms with van der Waals surface area (Å²) >= 11 is 0. The Morgan fingerprint density at radius 3 is 2.67 bits per heavy atom. The number of hydrogen-bond donors (Lipinski definition) is 1. The predicted octanol–water partition coefficient (Wildman–Crippen LogP) is 5.30. The summed E-state index contributed by atoms with van der Waals surface area (Å²) in [6, 6.07) is 14.3. The Hall–Kier alpha value is -5.14. The highest BCUT2D eigenvalue weighted by Gasteiger charge is 2.35. The van der Waals surface area contributed by atoms with Crippen molar-refractivity contribution >= 4 is 38.2 Å². The number of amides is 1. The second-order valence-corrected chi connectivity index (χ2v) is 13.4. The van der Waals surface area contributed by atoms with Crippen LogP contribution in [0.5, 0.6) is 11.6 Å². The van der Waals surface area contributed by atoms with Gasteiger partial charge in [-0.3, -0.25) is 9.78 Å². The number of nitrogens with zero attached hydrogens (tertiary/aromatic N) is 6. The molecule has 0 aliphatic carbocycles. The largest absolute Gasteiger partial charge is 0.494 e. The van der Waals surface area contributed by atoms with Gasteiger partial charge in [0.15, 0.2) is 0 Å². The fourth-order valence-electron chi connectivity index (χ4n) is 5.85. The molecule has 2 aromatic carbocycles. The number of benzene rings is 2. The van der Waals surface area contributed by atoms with Crippen LogP contribution in [-0.2, 0) is 27.9 Å². The number of carbonyl (C=O) groups excluding carboxylic acids is 1. The van der Waals surface area contributed by atoms with E-state index in [0.717, 1.165) is 27.8 Å². The molecule has 1 amide bonds. The molecule has 12 nitrogen and oxygen atoms in total. The molecule has 0 spiro atoms. The van der Waals surface area contributed by atoms with Gasteiger partial charge in [-0.25, -0.2) is 18.1 Å². The Bertz CT molecular complexity index is 2130. The number of carbonyl (C=O) groups is 1. The van der Waals surface area contributed by atoms with Crippen LogP contribution in [0.2, 0.25) is 0 Å². The van der Waals surface area contributed by atoms with Gasteiger partial charge in [0, 0.05) is 31.6 Å². The molecule has 0 radical (unpaired) electrons. The third-order valence-electron chi connectivity index (χ3n) is 8.52. The molecule has 0 bridgehead atoms. The molecule has 48 heavy (non-hydrogen) atoms. The molecule has 0 saturated carbocycles. The van der Waals surface area contributed by atoms with Crippen molar-refractivity contribution in [3.8, 4) is 11.6 Å². The monoisotopic (exact) mass is 667 g/mol. The number of aromatic nitrogens is 5. The van der Waals surface area contributed by atoms with Gasteiger partial charge in [0.25, 0.3) is 0 Å². The molecule has 1 N–H and O–H groups in total. The van der Waals surface area contributed by atoms with Gasteiger partial charge in [0.2, 0.25) is 21.8 Å². The van der Waals surface area contributed by atoms with E-state index in [4.69, 9.17) is 9.47 Å². The number of ether oxygens (including phenoxy) is 2. The van der Waals surface area contributed by atoms with Crippen molar-refractivity contribution in [1.82, 2.24) is 29.3 Å². The molecule has 3 aromatic heterocycles. The highest BCUT2D eigenvalue weighted by atomic mass is 32.2. The van der Waals surface area contributed by atoms with Crippen molar-refractivity contribution in [2.24, 2.45) is 0 Å². The Morgan fingerprint density at radius 2 is 1.94 bits per heavy atom. The van der Waals surface area contributed by atoms with Crippen LogP contribution in [-0.4, -0.2) is 63.4 Å². The van der Waals surface area contributed by atoms with Crippen LogP contribution in [0, 0.1) is 13.8 Å². The smallest absolute Gasteiger partial charge is 0.249 e. The molecule has 0 unspecified atom stereocenters. The quantitative estimate of drug-likeness (QED) is 0.207. The maximum atomic E-state index is 13.9. The number of hydrogen-bond acceptors (Lipinski definition) is 9. The van der Waals surface area contributed by atoms with Gasteiger partial charge >= 0.3 is 0 Å². The predicted molar refractivity (Wildman–Crippen MR) is 182 cm³/mol. The van der Waals surface area contributed by atoms with Crippen LogP contribution >= 0.6 is 0 Å². The van der Waals surface area contributed by atoms with E-state index in [2.05, 4.69) is 25.6 Å². The fraction of sp³-hybridized carbons (Fsp3) is 0.286. The highest BCUT2D eigenvalue weighted by molar-refractivity contribution is 7.89. The average molecular weight is 668 g/mol. The Balaban J connectivity index is 1.47. The van der Waals surface area contributed by atoms with Gasteiger partial charge in [-0.1, -0.05) is 24.3 Å². The van der Waals surface area contributed by atoms with Crippen LogP contribution in [0.1, 0.15) is 48.1 Å². The molecule has 1 aliphatic heterocycles. The second kappa shape index (κ2) is 13.5. The standard InChI is InChI=1S/C35H37N7O5S/c1-6-27-21-41(48(44,45)31-11-9-15-37-35(31)47-27)20-25-16-24(13-12-22(25)3)29(18-32(43)38-26-10-8-14-36-19-26)28-17-30(46-5)34-33(23(28)4)39-40-42(34)7-2/h8-19,27H,6-7,20-21H2,1-5H3,(H,38,43)/t27-/m1/s1. The van der Waals surface area contributed by atoms with Crippen molar-refractivity contribution in [3.05, 3.63) is 101 Å². The van der Waals surface area contributed by atoms with Crippen molar-refractivity contribution < 1.29 is 22.7 Å². The number of fused-ring (bicyclic) bond motifs is 2. The van der Waals surface area contributed by atoms with E-state index >= 15 is 0 Å². The number of pyridine rings is 2.